The Labute approximate surface area is 89.1 Å². The van der Waals surface area contributed by atoms with E-state index >= 15 is 0 Å². The van der Waals surface area contributed by atoms with E-state index in [0.29, 0.717) is 18.8 Å². The van der Waals surface area contributed by atoms with Crippen LogP contribution in [0.3, 0.4) is 0 Å². The van der Waals surface area contributed by atoms with Crippen LogP contribution in [0.2, 0.25) is 0 Å². The van der Waals surface area contributed by atoms with Crippen LogP contribution in [0.4, 0.5) is 0 Å². The summed E-state index contributed by atoms with van der Waals surface area (Å²) >= 11 is 0. The lowest BCUT2D eigenvalue weighted by atomic mass is 10.1. The number of hydrogen-bond acceptors (Lipinski definition) is 3. The second-order valence-electron chi connectivity index (χ2n) is 3.37. The molecule has 0 aliphatic rings. The molecule has 1 atom stereocenters. The predicted molar refractivity (Wildman–Crippen MR) is 56.6 cm³/mol. The van der Waals surface area contributed by atoms with Gasteiger partial charge in [0.05, 0.1) is 12.0 Å². The average molecular weight is 211 g/mol. The third-order valence-electron chi connectivity index (χ3n) is 2.54. The molecular weight excluding hydrogens is 194 g/mol. The van der Waals surface area contributed by atoms with E-state index < -0.39 is 12.0 Å². The number of aromatic nitrogens is 2. The zero-order valence-corrected chi connectivity index (χ0v) is 9.32. The van der Waals surface area contributed by atoms with Crippen molar-refractivity contribution in [1.29, 1.82) is 0 Å². The van der Waals surface area contributed by atoms with E-state index in [0.717, 1.165) is 5.69 Å². The van der Waals surface area contributed by atoms with Gasteiger partial charge in [0.2, 0.25) is 0 Å². The molecule has 1 heterocycles. The van der Waals surface area contributed by atoms with Crippen LogP contribution >= 0.6 is 0 Å². The van der Waals surface area contributed by atoms with E-state index in [1.807, 2.05) is 25.7 Å². The molecule has 0 fully saturated rings. The number of aromatic amines is 1. The standard InChI is InChI=1S/C10H17N3O2/c1-4-13(5-2)9(10(14)15)8-7(3)11-6-12-8/h6,9H,4-5H2,1-3H3,(H,11,12)(H,14,15). The van der Waals surface area contributed by atoms with Gasteiger partial charge in [0.15, 0.2) is 6.04 Å². The first-order chi connectivity index (χ1) is 7.11. The molecule has 0 saturated heterocycles. The van der Waals surface area contributed by atoms with E-state index in [2.05, 4.69) is 9.97 Å². The minimum absolute atomic E-state index is 0.603. The van der Waals surface area contributed by atoms with Gasteiger partial charge in [-0.2, -0.15) is 0 Å². The molecular formula is C10H17N3O2. The Morgan fingerprint density at radius 1 is 1.60 bits per heavy atom. The largest absolute Gasteiger partial charge is 0.480 e. The number of likely N-dealkylation sites (N-methyl/N-ethyl adjacent to an activating group) is 1. The molecule has 0 radical (unpaired) electrons. The van der Waals surface area contributed by atoms with E-state index in [-0.39, 0.29) is 0 Å². The van der Waals surface area contributed by atoms with Crippen LogP contribution < -0.4 is 0 Å². The van der Waals surface area contributed by atoms with Crippen LogP contribution in [-0.4, -0.2) is 39.0 Å². The SMILES string of the molecule is CCN(CC)C(C(=O)O)c1nc[nH]c1C. The van der Waals surface area contributed by atoms with Crippen LogP contribution in [0, 0.1) is 6.92 Å². The lowest BCUT2D eigenvalue weighted by Crippen LogP contribution is -2.34. The van der Waals surface area contributed by atoms with Crippen LogP contribution in [0.25, 0.3) is 0 Å². The van der Waals surface area contributed by atoms with Crippen molar-refractivity contribution < 1.29 is 9.90 Å². The summed E-state index contributed by atoms with van der Waals surface area (Å²) in [5.74, 6) is -0.853. The number of carboxylic acid groups (broad SMARTS) is 1. The molecule has 84 valence electrons. The van der Waals surface area contributed by atoms with Crippen molar-refractivity contribution in [3.63, 3.8) is 0 Å². The maximum absolute atomic E-state index is 11.2. The van der Waals surface area contributed by atoms with Crippen LogP contribution in [0.15, 0.2) is 6.33 Å². The van der Waals surface area contributed by atoms with Crippen molar-refractivity contribution >= 4 is 5.97 Å². The number of aryl methyl sites for hydroxylation is 1. The van der Waals surface area contributed by atoms with E-state index in [1.54, 1.807) is 0 Å². The third-order valence-corrected chi connectivity index (χ3v) is 2.54. The van der Waals surface area contributed by atoms with Gasteiger partial charge in [0.25, 0.3) is 0 Å². The molecule has 1 unspecified atom stereocenters. The minimum atomic E-state index is -0.853. The van der Waals surface area contributed by atoms with Crippen LogP contribution in [0.1, 0.15) is 31.3 Å². The topological polar surface area (TPSA) is 69.2 Å². The second kappa shape index (κ2) is 4.93. The molecule has 0 aliphatic carbocycles. The van der Waals surface area contributed by atoms with Gasteiger partial charge in [-0.3, -0.25) is 9.69 Å². The van der Waals surface area contributed by atoms with Gasteiger partial charge in [-0.05, 0) is 20.0 Å². The number of imidazole rings is 1. The lowest BCUT2D eigenvalue weighted by Gasteiger charge is -2.25. The Hall–Kier alpha value is -1.36. The highest BCUT2D eigenvalue weighted by Gasteiger charge is 2.28. The molecule has 1 aromatic heterocycles. The van der Waals surface area contributed by atoms with Crippen molar-refractivity contribution in [2.45, 2.75) is 26.8 Å². The smallest absolute Gasteiger partial charge is 0.327 e. The lowest BCUT2D eigenvalue weighted by molar-refractivity contribution is -0.143. The summed E-state index contributed by atoms with van der Waals surface area (Å²) in [5.41, 5.74) is 1.42. The average Bonchev–Trinajstić information content (AvgIpc) is 2.60. The molecule has 5 nitrogen and oxygen atoms in total. The van der Waals surface area contributed by atoms with Gasteiger partial charge in [-0.15, -0.1) is 0 Å². The van der Waals surface area contributed by atoms with Crippen molar-refractivity contribution in [1.82, 2.24) is 14.9 Å². The highest BCUT2D eigenvalue weighted by molar-refractivity contribution is 5.75. The number of nitrogens with one attached hydrogen (secondary N) is 1. The summed E-state index contributed by atoms with van der Waals surface area (Å²) in [7, 11) is 0. The van der Waals surface area contributed by atoms with Gasteiger partial charge in [-0.1, -0.05) is 13.8 Å². The summed E-state index contributed by atoms with van der Waals surface area (Å²) in [6.45, 7) is 7.12. The Morgan fingerprint density at radius 2 is 2.20 bits per heavy atom. The van der Waals surface area contributed by atoms with E-state index in [4.69, 9.17) is 0 Å². The Morgan fingerprint density at radius 3 is 2.53 bits per heavy atom. The number of aliphatic carboxylic acids is 1. The van der Waals surface area contributed by atoms with Gasteiger partial charge < -0.3 is 10.1 Å². The zero-order valence-electron chi connectivity index (χ0n) is 9.32. The zero-order chi connectivity index (χ0) is 11.4. The number of rotatable bonds is 5. The normalized spacial score (nSPS) is 13.1. The first-order valence-corrected chi connectivity index (χ1v) is 5.08. The number of nitrogens with zero attached hydrogens (tertiary/aromatic N) is 2. The van der Waals surface area contributed by atoms with Gasteiger partial charge >= 0.3 is 5.97 Å². The molecule has 0 aliphatic heterocycles. The Balaban J connectivity index is 3.03. The quantitative estimate of drug-likeness (QED) is 0.767. The fraction of sp³-hybridized carbons (Fsp3) is 0.600. The van der Waals surface area contributed by atoms with Crippen LogP contribution in [-0.2, 0) is 4.79 Å². The van der Waals surface area contributed by atoms with Crippen molar-refractivity contribution in [3.05, 3.63) is 17.7 Å². The van der Waals surface area contributed by atoms with Crippen molar-refractivity contribution in [3.8, 4) is 0 Å². The number of H-pyrrole nitrogens is 1. The van der Waals surface area contributed by atoms with Gasteiger partial charge in [0, 0.05) is 5.69 Å². The predicted octanol–water partition coefficient (Wildman–Crippen LogP) is 1.19. The monoisotopic (exact) mass is 211 g/mol. The molecule has 2 N–H and O–H groups in total. The third kappa shape index (κ3) is 2.36. The maximum Gasteiger partial charge on any atom is 0.327 e. The number of carboxylic acids is 1. The van der Waals surface area contributed by atoms with Gasteiger partial charge in [0.1, 0.15) is 0 Å². The summed E-state index contributed by atoms with van der Waals surface area (Å²) in [6.07, 6.45) is 1.53. The summed E-state index contributed by atoms with van der Waals surface area (Å²) < 4.78 is 0. The molecule has 0 saturated carbocycles. The van der Waals surface area contributed by atoms with Crippen molar-refractivity contribution in [2.75, 3.05) is 13.1 Å². The fourth-order valence-electron chi connectivity index (χ4n) is 1.68. The molecule has 0 aromatic carbocycles. The minimum Gasteiger partial charge on any atom is -0.480 e. The second-order valence-corrected chi connectivity index (χ2v) is 3.37. The highest BCUT2D eigenvalue weighted by Crippen LogP contribution is 2.20. The van der Waals surface area contributed by atoms with E-state index in [1.165, 1.54) is 6.33 Å². The summed E-state index contributed by atoms with van der Waals surface area (Å²) in [6, 6.07) is -0.647. The van der Waals surface area contributed by atoms with Gasteiger partial charge in [-0.25, -0.2) is 4.98 Å². The Kier molecular flexibility index (Phi) is 3.85. The molecule has 0 bridgehead atoms. The molecule has 0 spiro atoms. The Bertz CT molecular complexity index is 331. The highest BCUT2D eigenvalue weighted by atomic mass is 16.4. The first kappa shape index (κ1) is 11.7. The molecule has 1 rings (SSSR count). The number of hydrogen-bond donors (Lipinski definition) is 2. The molecule has 0 amide bonds. The number of carbonyl (C=O) groups is 1. The maximum atomic E-state index is 11.2. The fourth-order valence-corrected chi connectivity index (χ4v) is 1.68. The molecule has 5 heteroatoms. The molecule has 15 heavy (non-hydrogen) atoms. The first-order valence-electron chi connectivity index (χ1n) is 5.08. The molecule has 1 aromatic rings. The van der Waals surface area contributed by atoms with Crippen molar-refractivity contribution in [2.24, 2.45) is 0 Å². The van der Waals surface area contributed by atoms with E-state index in [9.17, 15) is 9.90 Å². The summed E-state index contributed by atoms with van der Waals surface area (Å²) in [5, 5.41) is 9.21. The van der Waals surface area contributed by atoms with Crippen LogP contribution in [0.5, 0.6) is 0 Å². The summed E-state index contributed by atoms with van der Waals surface area (Å²) in [4.78, 5) is 20.1.